The van der Waals surface area contributed by atoms with Crippen molar-refractivity contribution in [3.05, 3.63) is 28.2 Å². The van der Waals surface area contributed by atoms with Crippen LogP contribution in [0.15, 0.2) is 22.7 Å². The molecule has 3 nitrogen and oxygen atoms in total. The average molecular weight is 327 g/mol. The zero-order valence-corrected chi connectivity index (χ0v) is 13.4. The van der Waals surface area contributed by atoms with Gasteiger partial charge in [-0.3, -0.25) is 0 Å². The molecule has 1 aliphatic rings. The summed E-state index contributed by atoms with van der Waals surface area (Å²) in [5, 5.41) is 13.0. The van der Waals surface area contributed by atoms with Crippen molar-refractivity contribution in [2.45, 2.75) is 32.4 Å². The van der Waals surface area contributed by atoms with E-state index in [1.165, 1.54) is 11.3 Å². The van der Waals surface area contributed by atoms with Gasteiger partial charge in [0.05, 0.1) is 12.6 Å². The van der Waals surface area contributed by atoms with Crippen molar-refractivity contribution in [1.29, 1.82) is 0 Å². The number of nitrogens with one attached hydrogen (secondary N) is 1. The molecule has 0 spiro atoms. The predicted octanol–water partition coefficient (Wildman–Crippen LogP) is 2.94. The number of halogens is 1. The molecular formula is C15H23BrN2O. The van der Waals surface area contributed by atoms with Gasteiger partial charge in [0.2, 0.25) is 0 Å². The van der Waals surface area contributed by atoms with Crippen LogP contribution >= 0.6 is 15.9 Å². The fourth-order valence-corrected chi connectivity index (χ4v) is 3.22. The Hall–Kier alpha value is -0.580. The molecule has 3 unspecified atom stereocenters. The van der Waals surface area contributed by atoms with E-state index in [1.54, 1.807) is 0 Å². The largest absolute Gasteiger partial charge is 0.394 e. The maximum absolute atomic E-state index is 9.66. The number of hydrogen-bond acceptors (Lipinski definition) is 3. The van der Waals surface area contributed by atoms with Gasteiger partial charge in [-0.25, -0.2) is 0 Å². The summed E-state index contributed by atoms with van der Waals surface area (Å²) >= 11 is 3.56. The molecule has 2 rings (SSSR count). The molecule has 1 fully saturated rings. The lowest BCUT2D eigenvalue weighted by Crippen LogP contribution is -2.36. The smallest absolute Gasteiger partial charge is 0.0637 e. The Morgan fingerprint density at radius 3 is 2.89 bits per heavy atom. The van der Waals surface area contributed by atoms with Crippen LogP contribution in [-0.2, 0) is 0 Å². The minimum atomic E-state index is 0.223. The van der Waals surface area contributed by atoms with E-state index in [-0.39, 0.29) is 12.6 Å². The number of rotatable bonds is 4. The van der Waals surface area contributed by atoms with Gasteiger partial charge in [-0.2, -0.15) is 0 Å². The van der Waals surface area contributed by atoms with Crippen molar-refractivity contribution in [3.8, 4) is 0 Å². The zero-order chi connectivity index (χ0) is 14.0. The molecule has 0 radical (unpaired) electrons. The predicted molar refractivity (Wildman–Crippen MR) is 83.6 cm³/mol. The van der Waals surface area contributed by atoms with Gasteiger partial charge < -0.3 is 15.3 Å². The zero-order valence-electron chi connectivity index (χ0n) is 11.9. The van der Waals surface area contributed by atoms with E-state index in [0.29, 0.717) is 12.0 Å². The molecule has 106 valence electrons. The van der Waals surface area contributed by atoms with Crippen LogP contribution in [0.2, 0.25) is 0 Å². The van der Waals surface area contributed by atoms with E-state index in [0.717, 1.165) is 17.4 Å². The van der Waals surface area contributed by atoms with Crippen LogP contribution in [0, 0.1) is 5.92 Å². The first-order valence-electron chi connectivity index (χ1n) is 6.92. The molecule has 19 heavy (non-hydrogen) atoms. The highest BCUT2D eigenvalue weighted by atomic mass is 79.9. The molecule has 4 heteroatoms. The Labute approximate surface area is 124 Å². The molecule has 3 atom stereocenters. The average Bonchev–Trinajstić information content (AvgIpc) is 2.78. The number of anilines is 1. The summed E-state index contributed by atoms with van der Waals surface area (Å²) in [5.74, 6) is 0.543. The summed E-state index contributed by atoms with van der Waals surface area (Å²) < 4.78 is 1.09. The Morgan fingerprint density at radius 2 is 2.26 bits per heavy atom. The quantitative estimate of drug-likeness (QED) is 0.893. The third-order valence-electron chi connectivity index (χ3n) is 4.27. The molecule has 2 N–H and O–H groups in total. The van der Waals surface area contributed by atoms with E-state index < -0.39 is 0 Å². The first-order chi connectivity index (χ1) is 9.08. The highest BCUT2D eigenvalue weighted by Crippen LogP contribution is 2.36. The summed E-state index contributed by atoms with van der Waals surface area (Å²) in [6.07, 6.45) is 1.14. The molecule has 0 aliphatic carbocycles. The van der Waals surface area contributed by atoms with Crippen molar-refractivity contribution < 1.29 is 5.11 Å². The molecule has 0 aromatic heterocycles. The maximum atomic E-state index is 9.66. The molecule has 1 aliphatic heterocycles. The fourth-order valence-electron chi connectivity index (χ4n) is 2.87. The summed E-state index contributed by atoms with van der Waals surface area (Å²) in [5.41, 5.74) is 2.53. The van der Waals surface area contributed by atoms with Crippen LogP contribution in [0.25, 0.3) is 0 Å². The Morgan fingerprint density at radius 1 is 1.53 bits per heavy atom. The van der Waals surface area contributed by atoms with Gasteiger partial charge in [-0.15, -0.1) is 0 Å². The van der Waals surface area contributed by atoms with Crippen LogP contribution in [0.1, 0.15) is 31.9 Å². The van der Waals surface area contributed by atoms with E-state index >= 15 is 0 Å². The van der Waals surface area contributed by atoms with Crippen molar-refractivity contribution >= 4 is 21.6 Å². The van der Waals surface area contributed by atoms with Crippen LogP contribution in [0.5, 0.6) is 0 Å². The number of hydrogen-bond donors (Lipinski definition) is 2. The standard InChI is InChI=1S/C15H23BrN2O/c1-10-6-7-18(15(10)9-19)14-8-12(16)4-5-13(14)11(2)17-3/h4-5,8,10-11,15,17,19H,6-7,9H2,1-3H3. The Kier molecular flexibility index (Phi) is 4.87. The normalized spacial score (nSPS) is 24.8. The molecule has 1 aromatic rings. The molecular weight excluding hydrogens is 304 g/mol. The van der Waals surface area contributed by atoms with Gasteiger partial charge in [0, 0.05) is 22.7 Å². The second-order valence-corrected chi connectivity index (χ2v) is 6.34. The third kappa shape index (κ3) is 2.96. The van der Waals surface area contributed by atoms with Gasteiger partial charge in [0.25, 0.3) is 0 Å². The minimum absolute atomic E-state index is 0.223. The first-order valence-corrected chi connectivity index (χ1v) is 7.72. The highest BCUT2D eigenvalue weighted by Gasteiger charge is 2.32. The molecule has 1 saturated heterocycles. The van der Waals surface area contributed by atoms with Crippen molar-refractivity contribution in [2.75, 3.05) is 25.1 Å². The Bertz CT molecular complexity index is 438. The number of benzene rings is 1. The van der Waals surface area contributed by atoms with E-state index in [2.05, 4.69) is 58.2 Å². The number of aliphatic hydroxyl groups is 1. The van der Waals surface area contributed by atoms with E-state index in [1.807, 2.05) is 7.05 Å². The van der Waals surface area contributed by atoms with Gasteiger partial charge in [0.15, 0.2) is 0 Å². The minimum Gasteiger partial charge on any atom is -0.394 e. The van der Waals surface area contributed by atoms with Gasteiger partial charge in [-0.05, 0) is 44.0 Å². The monoisotopic (exact) mass is 326 g/mol. The SMILES string of the molecule is CNC(C)c1ccc(Br)cc1N1CCC(C)C1CO. The van der Waals surface area contributed by atoms with Crippen LogP contribution in [0.3, 0.4) is 0 Å². The second kappa shape index (κ2) is 6.25. The number of nitrogens with zero attached hydrogens (tertiary/aromatic N) is 1. The maximum Gasteiger partial charge on any atom is 0.0637 e. The van der Waals surface area contributed by atoms with Crippen LogP contribution < -0.4 is 10.2 Å². The van der Waals surface area contributed by atoms with Crippen LogP contribution in [0.4, 0.5) is 5.69 Å². The molecule has 0 bridgehead atoms. The van der Waals surface area contributed by atoms with Gasteiger partial charge >= 0.3 is 0 Å². The van der Waals surface area contributed by atoms with Gasteiger partial charge in [-0.1, -0.05) is 28.9 Å². The summed E-state index contributed by atoms with van der Waals surface area (Å²) in [4.78, 5) is 2.36. The molecule has 1 aromatic carbocycles. The van der Waals surface area contributed by atoms with Crippen LogP contribution in [-0.4, -0.2) is 31.3 Å². The summed E-state index contributed by atoms with van der Waals surface area (Å²) in [6.45, 7) is 5.63. The molecule has 0 amide bonds. The second-order valence-electron chi connectivity index (χ2n) is 5.42. The van der Waals surface area contributed by atoms with Crippen molar-refractivity contribution in [2.24, 2.45) is 5.92 Å². The van der Waals surface area contributed by atoms with Crippen molar-refractivity contribution in [3.63, 3.8) is 0 Å². The summed E-state index contributed by atoms with van der Waals surface area (Å²) in [7, 11) is 1.98. The lowest BCUT2D eigenvalue weighted by atomic mass is 10.0. The first kappa shape index (κ1) is 14.8. The molecule has 1 heterocycles. The Balaban J connectivity index is 2.40. The van der Waals surface area contributed by atoms with Crippen molar-refractivity contribution in [1.82, 2.24) is 5.32 Å². The number of aliphatic hydroxyl groups excluding tert-OH is 1. The topological polar surface area (TPSA) is 35.5 Å². The highest BCUT2D eigenvalue weighted by molar-refractivity contribution is 9.10. The third-order valence-corrected chi connectivity index (χ3v) is 4.76. The van der Waals surface area contributed by atoms with E-state index in [4.69, 9.17) is 0 Å². The van der Waals surface area contributed by atoms with Gasteiger partial charge in [0.1, 0.15) is 0 Å². The fraction of sp³-hybridized carbons (Fsp3) is 0.600. The lowest BCUT2D eigenvalue weighted by molar-refractivity contribution is 0.244. The molecule has 0 saturated carbocycles. The summed E-state index contributed by atoms with van der Waals surface area (Å²) in [6, 6.07) is 6.96. The lowest BCUT2D eigenvalue weighted by Gasteiger charge is -2.31. The van der Waals surface area contributed by atoms with E-state index in [9.17, 15) is 5.11 Å².